The van der Waals surface area contributed by atoms with Crippen LogP contribution in [0.5, 0.6) is 17.2 Å². The van der Waals surface area contributed by atoms with E-state index in [1.807, 2.05) is 0 Å². The molecule has 1 saturated heterocycles. The maximum Gasteiger partial charge on any atom is 0.298 e. The summed E-state index contributed by atoms with van der Waals surface area (Å²) in [5, 5.41) is -0.227. The number of methoxy groups -OCH3 is 2. The molecule has 0 aliphatic carbocycles. The van der Waals surface area contributed by atoms with Crippen LogP contribution in [0.2, 0.25) is 5.02 Å². The molecule has 0 spiro atoms. The summed E-state index contributed by atoms with van der Waals surface area (Å²) >= 11 is 7.23. The van der Waals surface area contributed by atoms with Crippen LogP contribution >= 0.6 is 23.4 Å². The fraction of sp³-hybridized carbons (Fsp3) is 0.120. The van der Waals surface area contributed by atoms with Crippen molar-refractivity contribution in [3.8, 4) is 17.2 Å². The summed E-state index contributed by atoms with van der Waals surface area (Å²) < 4.78 is 30.3. The van der Waals surface area contributed by atoms with Crippen molar-refractivity contribution in [3.63, 3.8) is 0 Å². The molecule has 1 heterocycles. The number of anilines is 1. The van der Waals surface area contributed by atoms with E-state index < -0.39 is 11.1 Å². The summed E-state index contributed by atoms with van der Waals surface area (Å²) in [4.78, 5) is 26.9. The van der Waals surface area contributed by atoms with Crippen molar-refractivity contribution in [1.82, 2.24) is 0 Å². The number of thioether (sulfide) groups is 1. The van der Waals surface area contributed by atoms with E-state index in [1.54, 1.807) is 60.7 Å². The van der Waals surface area contributed by atoms with Gasteiger partial charge in [0.05, 0.1) is 29.8 Å². The highest BCUT2D eigenvalue weighted by Crippen LogP contribution is 2.41. The number of hydrogen-bond donors (Lipinski definition) is 0. The fourth-order valence-electron chi connectivity index (χ4n) is 3.37. The lowest BCUT2D eigenvalue weighted by Gasteiger charge is -2.15. The van der Waals surface area contributed by atoms with E-state index in [4.69, 9.17) is 25.8 Å². The number of carbonyl (C=O) groups excluding carboxylic acids is 2. The number of carbonyl (C=O) groups is 2. The quantitative estimate of drug-likeness (QED) is 0.355. The maximum atomic E-state index is 13.9. The lowest BCUT2D eigenvalue weighted by molar-refractivity contribution is -0.113. The molecule has 9 heteroatoms. The first-order chi connectivity index (χ1) is 16.4. The van der Waals surface area contributed by atoms with E-state index in [-0.39, 0.29) is 28.1 Å². The second-order valence-electron chi connectivity index (χ2n) is 7.10. The van der Waals surface area contributed by atoms with Crippen molar-refractivity contribution in [2.75, 3.05) is 19.1 Å². The number of hydrogen-bond acceptors (Lipinski definition) is 6. The minimum absolute atomic E-state index is 0.0418. The van der Waals surface area contributed by atoms with Crippen molar-refractivity contribution < 1.29 is 28.2 Å². The smallest absolute Gasteiger partial charge is 0.298 e. The van der Waals surface area contributed by atoms with E-state index in [0.717, 1.165) is 16.7 Å². The van der Waals surface area contributed by atoms with Gasteiger partial charge in [0.15, 0.2) is 11.5 Å². The molecule has 0 N–H and O–H groups in total. The number of imide groups is 1. The van der Waals surface area contributed by atoms with Gasteiger partial charge in [-0.1, -0.05) is 41.9 Å². The Balaban J connectivity index is 1.60. The Hall–Kier alpha value is -3.49. The molecule has 0 radical (unpaired) electrons. The molecule has 2 amide bonds. The number of halogens is 2. The highest BCUT2D eigenvalue weighted by molar-refractivity contribution is 8.19. The Bertz CT molecular complexity index is 1300. The van der Waals surface area contributed by atoms with Crippen molar-refractivity contribution in [2.24, 2.45) is 0 Å². The number of nitrogens with zero attached hydrogens (tertiary/aromatic N) is 1. The predicted octanol–water partition coefficient (Wildman–Crippen LogP) is 6.32. The molecule has 174 valence electrons. The van der Waals surface area contributed by atoms with Gasteiger partial charge in [-0.3, -0.25) is 9.59 Å². The molecular weight excluding hydrogens is 481 g/mol. The number of ether oxygens (including phenoxy) is 3. The van der Waals surface area contributed by atoms with E-state index in [9.17, 15) is 14.0 Å². The lowest BCUT2D eigenvalue weighted by Crippen LogP contribution is -2.28. The number of para-hydroxylation sites is 2. The molecule has 0 bridgehead atoms. The van der Waals surface area contributed by atoms with Gasteiger partial charge in [0.2, 0.25) is 0 Å². The van der Waals surface area contributed by atoms with E-state index in [2.05, 4.69) is 0 Å². The molecular formula is C25H19ClFNO5S. The number of amides is 2. The third-order valence-corrected chi connectivity index (χ3v) is 6.15. The minimum atomic E-state index is -0.477. The summed E-state index contributed by atoms with van der Waals surface area (Å²) in [5.41, 5.74) is 1.27. The van der Waals surface area contributed by atoms with Gasteiger partial charge in [0.25, 0.3) is 11.1 Å². The first kappa shape index (κ1) is 23.7. The van der Waals surface area contributed by atoms with Crippen LogP contribution in [0.3, 0.4) is 0 Å². The normalized spacial score (nSPS) is 14.6. The van der Waals surface area contributed by atoms with Crippen molar-refractivity contribution in [2.45, 2.75) is 6.61 Å². The van der Waals surface area contributed by atoms with Crippen LogP contribution in [-0.4, -0.2) is 25.4 Å². The van der Waals surface area contributed by atoms with Gasteiger partial charge >= 0.3 is 0 Å². The van der Waals surface area contributed by atoms with E-state index in [1.165, 1.54) is 20.3 Å². The summed E-state index contributed by atoms with van der Waals surface area (Å²) in [5.74, 6) is 0.0901. The van der Waals surface area contributed by atoms with Gasteiger partial charge in [-0.25, -0.2) is 9.29 Å². The van der Waals surface area contributed by atoms with E-state index >= 15 is 0 Å². The average Bonchev–Trinajstić information content (AvgIpc) is 3.11. The van der Waals surface area contributed by atoms with Crippen LogP contribution in [0.4, 0.5) is 14.9 Å². The molecule has 4 rings (SSSR count). The fourth-order valence-corrected chi connectivity index (χ4v) is 4.48. The zero-order valence-electron chi connectivity index (χ0n) is 18.2. The van der Waals surface area contributed by atoms with Crippen LogP contribution in [-0.2, 0) is 11.4 Å². The molecule has 6 nitrogen and oxygen atoms in total. The second-order valence-corrected chi connectivity index (χ2v) is 8.50. The van der Waals surface area contributed by atoms with Gasteiger partial charge in [-0.05, 0) is 53.7 Å². The van der Waals surface area contributed by atoms with Crippen LogP contribution in [0.15, 0.2) is 65.6 Å². The molecule has 34 heavy (non-hydrogen) atoms. The van der Waals surface area contributed by atoms with E-state index in [0.29, 0.717) is 28.3 Å². The molecule has 1 fully saturated rings. The van der Waals surface area contributed by atoms with Crippen LogP contribution < -0.4 is 19.1 Å². The third-order valence-electron chi connectivity index (χ3n) is 5.00. The first-order valence-electron chi connectivity index (χ1n) is 10.1. The zero-order chi connectivity index (χ0) is 24.2. The summed E-state index contributed by atoms with van der Waals surface area (Å²) in [6.45, 7) is -0.0418. The van der Waals surface area contributed by atoms with Crippen molar-refractivity contribution in [3.05, 3.63) is 87.5 Å². The van der Waals surface area contributed by atoms with Gasteiger partial charge in [0, 0.05) is 5.56 Å². The molecule has 0 atom stereocenters. The topological polar surface area (TPSA) is 65.1 Å². The van der Waals surface area contributed by atoms with Gasteiger partial charge in [0.1, 0.15) is 18.2 Å². The third kappa shape index (κ3) is 4.73. The Morgan fingerprint density at radius 2 is 1.71 bits per heavy atom. The largest absolute Gasteiger partial charge is 0.495 e. The number of rotatable bonds is 7. The molecule has 1 aliphatic rings. The Morgan fingerprint density at radius 1 is 1.00 bits per heavy atom. The van der Waals surface area contributed by atoms with Gasteiger partial charge < -0.3 is 14.2 Å². The standard InChI is InChI=1S/C25H19ClFNO5S/c1-31-20-10-6-5-9-19(20)28-24(29)22(34-25(28)30)13-15-11-17(26)23(21(12-15)32-2)33-14-16-7-3-4-8-18(16)27/h3-13H,14H2,1-2H3/b22-13-. The summed E-state index contributed by atoms with van der Waals surface area (Å²) in [6.07, 6.45) is 1.55. The average molecular weight is 500 g/mol. The lowest BCUT2D eigenvalue weighted by atomic mass is 10.1. The van der Waals surface area contributed by atoms with Crippen molar-refractivity contribution >= 4 is 46.3 Å². The highest BCUT2D eigenvalue weighted by atomic mass is 35.5. The number of benzene rings is 3. The monoisotopic (exact) mass is 499 g/mol. The Morgan fingerprint density at radius 3 is 2.44 bits per heavy atom. The highest BCUT2D eigenvalue weighted by Gasteiger charge is 2.37. The molecule has 0 saturated carbocycles. The van der Waals surface area contributed by atoms with Crippen LogP contribution in [0.1, 0.15) is 11.1 Å². The van der Waals surface area contributed by atoms with Crippen molar-refractivity contribution in [1.29, 1.82) is 0 Å². The van der Waals surface area contributed by atoms with Crippen LogP contribution in [0, 0.1) is 5.82 Å². The first-order valence-corrected chi connectivity index (χ1v) is 11.3. The zero-order valence-corrected chi connectivity index (χ0v) is 19.8. The second kappa shape index (κ2) is 10.2. The Kier molecular flexibility index (Phi) is 7.09. The maximum absolute atomic E-state index is 13.9. The molecule has 3 aromatic rings. The predicted molar refractivity (Wildman–Crippen MR) is 130 cm³/mol. The molecule has 0 aromatic heterocycles. The molecule has 1 aliphatic heterocycles. The minimum Gasteiger partial charge on any atom is -0.495 e. The molecule has 0 unspecified atom stereocenters. The molecule has 3 aromatic carbocycles. The van der Waals surface area contributed by atoms with Gasteiger partial charge in [-0.2, -0.15) is 0 Å². The Labute approximate surface area is 204 Å². The van der Waals surface area contributed by atoms with Crippen LogP contribution in [0.25, 0.3) is 6.08 Å². The SMILES string of the molecule is COc1ccccc1N1C(=O)S/C(=C\c2cc(Cl)c(OCc3ccccc3F)c(OC)c2)C1=O. The summed E-state index contributed by atoms with van der Waals surface area (Å²) in [6, 6.07) is 16.3. The van der Waals surface area contributed by atoms with Gasteiger partial charge in [-0.15, -0.1) is 0 Å². The summed E-state index contributed by atoms with van der Waals surface area (Å²) in [7, 11) is 2.92.